The van der Waals surface area contributed by atoms with Crippen LogP contribution in [-0.2, 0) is 4.79 Å². The van der Waals surface area contributed by atoms with Gasteiger partial charge in [-0.2, -0.15) is 0 Å². The molecule has 4 heteroatoms. The number of hydrogen-bond acceptors (Lipinski definition) is 2. The Labute approximate surface area is 151 Å². The lowest BCUT2D eigenvalue weighted by Gasteiger charge is -2.21. The predicted octanol–water partition coefficient (Wildman–Crippen LogP) is 5.70. The van der Waals surface area contributed by atoms with Crippen molar-refractivity contribution in [3.8, 4) is 0 Å². The Kier molecular flexibility index (Phi) is 9.26. The zero-order valence-corrected chi connectivity index (χ0v) is 16.1. The first-order valence-corrected chi connectivity index (χ1v) is 9.54. The van der Waals surface area contributed by atoms with Crippen LogP contribution < -0.4 is 5.73 Å². The van der Waals surface area contributed by atoms with Gasteiger partial charge in [-0.25, -0.2) is 8.78 Å². The topological polar surface area (TPSA) is 43.1 Å². The molecule has 0 bridgehead atoms. The van der Waals surface area contributed by atoms with E-state index in [0.717, 1.165) is 19.3 Å². The summed E-state index contributed by atoms with van der Waals surface area (Å²) in [4.78, 5) is 11.4. The Morgan fingerprint density at radius 1 is 1.08 bits per heavy atom. The fraction of sp³-hybridized carbons (Fsp3) is 0.667. The summed E-state index contributed by atoms with van der Waals surface area (Å²) in [5.41, 5.74) is 6.59. The SMILES string of the molecule is CCCC(CN)CC(C)c1cc(F)c(C(C)CCC(=O)CC)c(F)c1. The molecule has 0 saturated heterocycles. The van der Waals surface area contributed by atoms with Crippen molar-refractivity contribution in [1.82, 2.24) is 0 Å². The first kappa shape index (κ1) is 21.8. The minimum Gasteiger partial charge on any atom is -0.330 e. The van der Waals surface area contributed by atoms with Gasteiger partial charge in [-0.3, -0.25) is 4.79 Å². The second kappa shape index (κ2) is 10.6. The van der Waals surface area contributed by atoms with Crippen molar-refractivity contribution in [2.45, 2.75) is 78.1 Å². The number of hydrogen-bond donors (Lipinski definition) is 1. The molecule has 0 fully saturated rings. The largest absolute Gasteiger partial charge is 0.330 e. The van der Waals surface area contributed by atoms with Gasteiger partial charge in [-0.05, 0) is 61.3 Å². The molecule has 1 aromatic carbocycles. The normalized spacial score (nSPS) is 15.0. The molecule has 25 heavy (non-hydrogen) atoms. The van der Waals surface area contributed by atoms with Gasteiger partial charge in [-0.15, -0.1) is 0 Å². The van der Waals surface area contributed by atoms with Crippen LogP contribution in [0.5, 0.6) is 0 Å². The third-order valence-electron chi connectivity index (χ3n) is 5.13. The van der Waals surface area contributed by atoms with Gasteiger partial charge in [0, 0.05) is 18.4 Å². The lowest BCUT2D eigenvalue weighted by molar-refractivity contribution is -0.118. The van der Waals surface area contributed by atoms with Crippen LogP contribution in [0.3, 0.4) is 0 Å². The van der Waals surface area contributed by atoms with Gasteiger partial charge in [0.1, 0.15) is 17.4 Å². The quantitative estimate of drug-likeness (QED) is 0.555. The van der Waals surface area contributed by atoms with Crippen LogP contribution >= 0.6 is 0 Å². The molecule has 0 aliphatic rings. The third kappa shape index (κ3) is 6.50. The fourth-order valence-corrected chi connectivity index (χ4v) is 3.43. The highest BCUT2D eigenvalue weighted by atomic mass is 19.1. The molecule has 0 aliphatic heterocycles. The van der Waals surface area contributed by atoms with E-state index in [1.54, 1.807) is 13.8 Å². The highest BCUT2D eigenvalue weighted by Gasteiger charge is 2.21. The van der Waals surface area contributed by atoms with Gasteiger partial charge in [0.05, 0.1) is 0 Å². The fourth-order valence-electron chi connectivity index (χ4n) is 3.43. The lowest BCUT2D eigenvalue weighted by atomic mass is 9.86. The van der Waals surface area contributed by atoms with Crippen LogP contribution in [0.15, 0.2) is 12.1 Å². The van der Waals surface area contributed by atoms with E-state index in [9.17, 15) is 13.6 Å². The van der Waals surface area contributed by atoms with Gasteiger partial charge in [0.15, 0.2) is 0 Å². The molecule has 1 aromatic rings. The summed E-state index contributed by atoms with van der Waals surface area (Å²) in [5, 5.41) is 0. The molecular weight excluding hydrogens is 320 g/mol. The van der Waals surface area contributed by atoms with Gasteiger partial charge < -0.3 is 5.73 Å². The van der Waals surface area contributed by atoms with Crippen molar-refractivity contribution < 1.29 is 13.6 Å². The van der Waals surface area contributed by atoms with Crippen molar-refractivity contribution in [1.29, 1.82) is 0 Å². The number of carbonyl (C=O) groups excluding carboxylic acids is 1. The van der Waals surface area contributed by atoms with Crippen LogP contribution in [-0.4, -0.2) is 12.3 Å². The van der Waals surface area contributed by atoms with E-state index < -0.39 is 11.6 Å². The summed E-state index contributed by atoms with van der Waals surface area (Å²) >= 11 is 0. The summed E-state index contributed by atoms with van der Waals surface area (Å²) in [6.45, 7) is 8.29. The first-order valence-electron chi connectivity index (χ1n) is 9.54. The van der Waals surface area contributed by atoms with Crippen molar-refractivity contribution in [3.63, 3.8) is 0 Å². The molecule has 3 unspecified atom stereocenters. The number of benzene rings is 1. The van der Waals surface area contributed by atoms with Crippen molar-refractivity contribution >= 4 is 5.78 Å². The Balaban J connectivity index is 2.88. The lowest BCUT2D eigenvalue weighted by Crippen LogP contribution is -2.17. The zero-order chi connectivity index (χ0) is 19.0. The van der Waals surface area contributed by atoms with E-state index in [4.69, 9.17) is 5.73 Å². The van der Waals surface area contributed by atoms with E-state index in [1.165, 1.54) is 12.1 Å². The maximum absolute atomic E-state index is 14.5. The zero-order valence-electron chi connectivity index (χ0n) is 16.1. The molecule has 0 aliphatic carbocycles. The second-order valence-electron chi connectivity index (χ2n) is 7.26. The molecule has 0 aromatic heterocycles. The summed E-state index contributed by atoms with van der Waals surface area (Å²) in [6, 6.07) is 2.92. The van der Waals surface area contributed by atoms with Crippen LogP contribution in [0.2, 0.25) is 0 Å². The van der Waals surface area contributed by atoms with Crippen molar-refractivity contribution in [2.75, 3.05) is 6.54 Å². The predicted molar refractivity (Wildman–Crippen MR) is 99.8 cm³/mol. The maximum atomic E-state index is 14.5. The number of rotatable bonds is 11. The van der Waals surface area contributed by atoms with Crippen LogP contribution in [0, 0.1) is 17.6 Å². The van der Waals surface area contributed by atoms with E-state index in [1.807, 2.05) is 6.92 Å². The molecule has 1 rings (SSSR count). The Hall–Kier alpha value is -1.29. The van der Waals surface area contributed by atoms with Crippen LogP contribution in [0.25, 0.3) is 0 Å². The van der Waals surface area contributed by atoms with Gasteiger partial charge in [0.25, 0.3) is 0 Å². The number of carbonyl (C=O) groups is 1. The third-order valence-corrected chi connectivity index (χ3v) is 5.13. The van der Waals surface area contributed by atoms with E-state index >= 15 is 0 Å². The maximum Gasteiger partial charge on any atom is 0.132 e. The number of halogens is 2. The Morgan fingerprint density at radius 3 is 2.16 bits per heavy atom. The molecule has 0 heterocycles. The highest BCUT2D eigenvalue weighted by molar-refractivity contribution is 5.78. The molecule has 0 amide bonds. The van der Waals surface area contributed by atoms with Gasteiger partial charge >= 0.3 is 0 Å². The molecule has 0 spiro atoms. The molecule has 2 nitrogen and oxygen atoms in total. The molecular formula is C21H33F2NO. The average molecular weight is 353 g/mol. The summed E-state index contributed by atoms with van der Waals surface area (Å²) in [6.07, 6.45) is 4.24. The molecule has 3 atom stereocenters. The number of ketones is 1. The minimum atomic E-state index is -0.502. The number of Topliss-reactive ketones (excluding diaryl/α,β-unsaturated/α-hetero) is 1. The van der Waals surface area contributed by atoms with E-state index in [-0.39, 0.29) is 23.2 Å². The van der Waals surface area contributed by atoms with Crippen LogP contribution in [0.4, 0.5) is 8.78 Å². The molecule has 142 valence electrons. The Morgan fingerprint density at radius 2 is 1.68 bits per heavy atom. The van der Waals surface area contributed by atoms with Gasteiger partial charge in [-0.1, -0.05) is 34.1 Å². The minimum absolute atomic E-state index is 0.0649. The standard InChI is InChI=1S/C21H33F2NO/c1-5-7-16(13-24)10-15(4)17-11-19(22)21(20(23)12-17)14(3)8-9-18(25)6-2/h11-12,14-16H,5-10,13,24H2,1-4H3. The summed E-state index contributed by atoms with van der Waals surface area (Å²) < 4.78 is 29.1. The smallest absolute Gasteiger partial charge is 0.132 e. The van der Waals surface area contributed by atoms with Crippen LogP contribution in [0.1, 0.15) is 89.2 Å². The van der Waals surface area contributed by atoms with Gasteiger partial charge in [0.2, 0.25) is 0 Å². The molecule has 0 saturated carbocycles. The summed E-state index contributed by atoms with van der Waals surface area (Å²) in [5.74, 6) is -0.741. The highest BCUT2D eigenvalue weighted by Crippen LogP contribution is 2.32. The van der Waals surface area contributed by atoms with Crippen molar-refractivity contribution in [3.05, 3.63) is 34.9 Å². The number of nitrogens with two attached hydrogens (primary N) is 1. The summed E-state index contributed by atoms with van der Waals surface area (Å²) in [7, 11) is 0. The van der Waals surface area contributed by atoms with E-state index in [2.05, 4.69) is 6.92 Å². The monoisotopic (exact) mass is 353 g/mol. The molecule has 2 N–H and O–H groups in total. The van der Waals surface area contributed by atoms with Crippen molar-refractivity contribution in [2.24, 2.45) is 11.7 Å². The average Bonchev–Trinajstić information content (AvgIpc) is 2.58. The molecule has 0 radical (unpaired) electrons. The first-order chi connectivity index (χ1) is 11.8. The Bertz CT molecular complexity index is 536. The second-order valence-corrected chi connectivity index (χ2v) is 7.26. The van der Waals surface area contributed by atoms with E-state index in [0.29, 0.717) is 37.3 Å².